The third-order valence-electron chi connectivity index (χ3n) is 5.65. The summed E-state index contributed by atoms with van der Waals surface area (Å²) in [6.45, 7) is 6.10. The van der Waals surface area contributed by atoms with Crippen molar-refractivity contribution in [2.24, 2.45) is 0 Å². The summed E-state index contributed by atoms with van der Waals surface area (Å²) in [4.78, 5) is 29.1. The Kier molecular flexibility index (Phi) is 6.33. The number of carbonyl (C=O) groups is 2. The molecule has 6 heteroatoms. The van der Waals surface area contributed by atoms with E-state index < -0.39 is 0 Å². The highest BCUT2D eigenvalue weighted by Crippen LogP contribution is 2.26. The smallest absolute Gasteiger partial charge is 0.254 e. The van der Waals surface area contributed by atoms with Gasteiger partial charge in [0, 0.05) is 37.2 Å². The Morgan fingerprint density at radius 3 is 2.57 bits per heavy atom. The fraction of sp³-hybridized carbons (Fsp3) is 0.417. The summed E-state index contributed by atoms with van der Waals surface area (Å²) in [6.07, 6.45) is 1.15. The van der Waals surface area contributed by atoms with Gasteiger partial charge in [0.05, 0.1) is 19.8 Å². The Hall–Kier alpha value is -2.86. The molecule has 0 bridgehead atoms. The average Bonchev–Trinajstić information content (AvgIpc) is 2.99. The first-order valence-electron chi connectivity index (χ1n) is 10.6. The minimum absolute atomic E-state index is 0.0167. The first kappa shape index (κ1) is 20.4. The van der Waals surface area contributed by atoms with Gasteiger partial charge in [-0.3, -0.25) is 9.59 Å². The molecule has 2 heterocycles. The summed E-state index contributed by atoms with van der Waals surface area (Å²) in [5.74, 6) is 1.00. The summed E-state index contributed by atoms with van der Waals surface area (Å²) < 4.78 is 11.2. The average molecular weight is 408 g/mol. The lowest BCUT2D eigenvalue weighted by atomic mass is 10.0. The van der Waals surface area contributed by atoms with E-state index >= 15 is 0 Å². The maximum Gasteiger partial charge on any atom is 0.254 e. The highest BCUT2D eigenvalue weighted by Gasteiger charge is 2.22. The van der Waals surface area contributed by atoms with Crippen LogP contribution in [0.25, 0.3) is 0 Å². The quantitative estimate of drug-likeness (QED) is 0.781. The van der Waals surface area contributed by atoms with Crippen LogP contribution < -0.4 is 4.74 Å². The van der Waals surface area contributed by atoms with Gasteiger partial charge in [0.1, 0.15) is 12.4 Å². The summed E-state index contributed by atoms with van der Waals surface area (Å²) in [5, 5.41) is 0. The Morgan fingerprint density at radius 2 is 1.77 bits per heavy atom. The van der Waals surface area contributed by atoms with Crippen LogP contribution in [0.1, 0.15) is 33.5 Å². The van der Waals surface area contributed by atoms with Crippen LogP contribution in [0.3, 0.4) is 0 Å². The van der Waals surface area contributed by atoms with E-state index in [4.69, 9.17) is 9.47 Å². The van der Waals surface area contributed by atoms with Crippen molar-refractivity contribution in [2.45, 2.75) is 26.3 Å². The number of hydrogen-bond donors (Lipinski definition) is 0. The highest BCUT2D eigenvalue weighted by atomic mass is 16.5. The number of aryl methyl sites for hydroxylation is 2. The largest absolute Gasteiger partial charge is 0.491 e. The van der Waals surface area contributed by atoms with Crippen LogP contribution in [0.15, 0.2) is 42.5 Å². The predicted molar refractivity (Wildman–Crippen MR) is 114 cm³/mol. The second-order valence-electron chi connectivity index (χ2n) is 7.88. The van der Waals surface area contributed by atoms with Gasteiger partial charge in [-0.2, -0.15) is 0 Å². The zero-order chi connectivity index (χ0) is 20.9. The molecule has 6 nitrogen and oxygen atoms in total. The van der Waals surface area contributed by atoms with E-state index in [-0.39, 0.29) is 11.8 Å². The summed E-state index contributed by atoms with van der Waals surface area (Å²) in [5.41, 5.74) is 3.85. The van der Waals surface area contributed by atoms with E-state index in [9.17, 15) is 9.59 Å². The Morgan fingerprint density at radius 1 is 0.967 bits per heavy atom. The molecule has 0 spiro atoms. The zero-order valence-corrected chi connectivity index (χ0v) is 17.4. The van der Waals surface area contributed by atoms with Crippen LogP contribution in [-0.2, 0) is 22.5 Å². The third kappa shape index (κ3) is 4.82. The number of nitrogens with zero attached hydrogens (tertiary/aromatic N) is 2. The second kappa shape index (κ2) is 9.30. The molecule has 0 saturated carbocycles. The van der Waals surface area contributed by atoms with Crippen molar-refractivity contribution in [2.75, 3.05) is 39.5 Å². The summed E-state index contributed by atoms with van der Waals surface area (Å²) in [7, 11) is 0. The van der Waals surface area contributed by atoms with E-state index in [1.54, 1.807) is 0 Å². The normalized spacial score (nSPS) is 16.4. The summed E-state index contributed by atoms with van der Waals surface area (Å²) in [6, 6.07) is 13.7. The van der Waals surface area contributed by atoms with E-state index in [0.29, 0.717) is 64.4 Å². The Labute approximate surface area is 177 Å². The summed E-state index contributed by atoms with van der Waals surface area (Å²) >= 11 is 0. The van der Waals surface area contributed by atoms with Crippen molar-refractivity contribution < 1.29 is 19.1 Å². The lowest BCUT2D eigenvalue weighted by molar-refractivity contribution is -0.135. The first-order valence-corrected chi connectivity index (χ1v) is 10.6. The van der Waals surface area contributed by atoms with Crippen LogP contribution >= 0.6 is 0 Å². The van der Waals surface area contributed by atoms with Crippen molar-refractivity contribution in [1.82, 2.24) is 9.80 Å². The van der Waals surface area contributed by atoms with Gasteiger partial charge < -0.3 is 19.3 Å². The number of rotatable bonds is 4. The number of fused-ring (bicyclic) bond motifs is 1. The molecule has 0 aromatic heterocycles. The van der Waals surface area contributed by atoms with Crippen LogP contribution in [-0.4, -0.2) is 61.1 Å². The van der Waals surface area contributed by atoms with Gasteiger partial charge in [-0.25, -0.2) is 0 Å². The lowest BCUT2D eigenvalue weighted by Crippen LogP contribution is -2.40. The van der Waals surface area contributed by atoms with Gasteiger partial charge in [-0.05, 0) is 37.1 Å². The molecule has 2 aliphatic rings. The fourth-order valence-corrected chi connectivity index (χ4v) is 3.96. The van der Waals surface area contributed by atoms with Crippen molar-refractivity contribution >= 4 is 11.8 Å². The second-order valence-corrected chi connectivity index (χ2v) is 7.88. The fourth-order valence-electron chi connectivity index (χ4n) is 3.96. The molecule has 0 N–H and O–H groups in total. The number of hydrogen-bond acceptors (Lipinski definition) is 4. The highest BCUT2D eigenvalue weighted by molar-refractivity contribution is 5.94. The zero-order valence-electron chi connectivity index (χ0n) is 17.4. The van der Waals surface area contributed by atoms with Crippen LogP contribution in [0.2, 0.25) is 0 Å². The SMILES string of the molecule is Cc1cccc(C(=O)N2CCOc3ccc(CCC(=O)N4CCOCC4)cc3C2)c1. The number of morpholine rings is 1. The minimum atomic E-state index is 0.0167. The van der Waals surface area contributed by atoms with Gasteiger partial charge in [-0.1, -0.05) is 29.8 Å². The van der Waals surface area contributed by atoms with Crippen molar-refractivity contribution in [1.29, 1.82) is 0 Å². The molecular weight excluding hydrogens is 380 g/mol. The number of amides is 2. The minimum Gasteiger partial charge on any atom is -0.491 e. The van der Waals surface area contributed by atoms with E-state index in [2.05, 4.69) is 6.07 Å². The lowest BCUT2D eigenvalue weighted by Gasteiger charge is -2.26. The first-order chi connectivity index (χ1) is 14.6. The Balaban J connectivity index is 1.43. The molecule has 2 amide bonds. The van der Waals surface area contributed by atoms with Crippen LogP contribution in [0.5, 0.6) is 5.75 Å². The molecule has 158 valence electrons. The monoisotopic (exact) mass is 408 g/mol. The molecular formula is C24H28N2O4. The van der Waals surface area contributed by atoms with Crippen molar-refractivity contribution in [3.8, 4) is 5.75 Å². The number of benzene rings is 2. The molecule has 2 aromatic carbocycles. The van der Waals surface area contributed by atoms with Gasteiger partial charge in [0.25, 0.3) is 5.91 Å². The number of carbonyl (C=O) groups excluding carboxylic acids is 2. The van der Waals surface area contributed by atoms with E-state index in [0.717, 1.165) is 22.4 Å². The van der Waals surface area contributed by atoms with Crippen LogP contribution in [0.4, 0.5) is 0 Å². The maximum atomic E-state index is 13.0. The predicted octanol–water partition coefficient (Wildman–Crippen LogP) is 2.82. The molecule has 0 atom stereocenters. The third-order valence-corrected chi connectivity index (χ3v) is 5.65. The van der Waals surface area contributed by atoms with Gasteiger partial charge in [0.15, 0.2) is 0 Å². The molecule has 30 heavy (non-hydrogen) atoms. The standard InChI is InChI=1S/C24H28N2O4/c1-18-3-2-4-20(15-18)24(28)26-11-14-30-22-7-5-19(16-21(22)17-26)6-8-23(27)25-9-12-29-13-10-25/h2-5,7,15-16H,6,8-14,17H2,1H3. The molecule has 4 rings (SSSR count). The molecule has 1 fully saturated rings. The molecule has 2 aliphatic heterocycles. The van der Waals surface area contributed by atoms with Crippen molar-refractivity contribution in [3.63, 3.8) is 0 Å². The van der Waals surface area contributed by atoms with Crippen molar-refractivity contribution in [3.05, 3.63) is 64.7 Å². The number of ether oxygens (including phenoxy) is 2. The van der Waals surface area contributed by atoms with Gasteiger partial charge >= 0.3 is 0 Å². The van der Waals surface area contributed by atoms with Gasteiger partial charge in [-0.15, -0.1) is 0 Å². The van der Waals surface area contributed by atoms with Crippen LogP contribution in [0, 0.1) is 6.92 Å². The molecule has 0 unspecified atom stereocenters. The molecule has 1 saturated heterocycles. The molecule has 2 aromatic rings. The topological polar surface area (TPSA) is 59.1 Å². The van der Waals surface area contributed by atoms with E-state index in [1.165, 1.54) is 0 Å². The molecule has 0 aliphatic carbocycles. The maximum absolute atomic E-state index is 13.0. The Bertz CT molecular complexity index is 921. The van der Waals surface area contributed by atoms with E-state index in [1.807, 2.05) is 53.1 Å². The molecule has 0 radical (unpaired) electrons. The van der Waals surface area contributed by atoms with Gasteiger partial charge in [0.2, 0.25) is 5.91 Å².